The molecule has 0 aromatic heterocycles. The van der Waals surface area contributed by atoms with Crippen LogP contribution in [0.2, 0.25) is 0 Å². The van der Waals surface area contributed by atoms with Gasteiger partial charge in [0.25, 0.3) is 0 Å². The first-order chi connectivity index (χ1) is 8.59. The summed E-state index contributed by atoms with van der Waals surface area (Å²) in [6, 6.07) is -0.424. The predicted molar refractivity (Wildman–Crippen MR) is 73.1 cm³/mol. The number of hydrogen-bond donors (Lipinski definition) is 3. The zero-order valence-corrected chi connectivity index (χ0v) is 12.4. The van der Waals surface area contributed by atoms with Crippen molar-refractivity contribution >= 4 is 12.0 Å². The maximum absolute atomic E-state index is 11.9. The smallest absolute Gasteiger partial charge is 0.329 e. The van der Waals surface area contributed by atoms with Crippen molar-refractivity contribution in [3.8, 4) is 0 Å². The van der Waals surface area contributed by atoms with E-state index in [-0.39, 0.29) is 11.5 Å². The largest absolute Gasteiger partial charge is 0.480 e. The molecule has 0 aliphatic heterocycles. The van der Waals surface area contributed by atoms with Crippen molar-refractivity contribution in [2.45, 2.75) is 44.7 Å². The van der Waals surface area contributed by atoms with E-state index in [9.17, 15) is 14.7 Å². The summed E-state index contributed by atoms with van der Waals surface area (Å²) in [4.78, 5) is 25.2. The highest BCUT2D eigenvalue weighted by molar-refractivity contribution is 5.86. The lowest BCUT2D eigenvalue weighted by Crippen LogP contribution is -2.58. The number of carbonyl (C=O) groups is 2. The van der Waals surface area contributed by atoms with E-state index in [1.54, 1.807) is 6.92 Å². The standard InChI is InChI=1S/C13H25N3O3/c1-12(2,16(4)5)8-14-11(19)15-13(3,10(17)18)9-6-7-9/h9H,6-8H2,1-5H3,(H,17,18)(H2,14,15,19). The van der Waals surface area contributed by atoms with E-state index in [4.69, 9.17) is 0 Å². The van der Waals surface area contributed by atoms with E-state index >= 15 is 0 Å². The van der Waals surface area contributed by atoms with Crippen LogP contribution in [-0.4, -0.2) is 53.7 Å². The first kappa shape index (κ1) is 15.8. The number of carbonyl (C=O) groups excluding carboxylic acids is 1. The van der Waals surface area contributed by atoms with E-state index < -0.39 is 17.5 Å². The van der Waals surface area contributed by atoms with Crippen LogP contribution in [-0.2, 0) is 4.79 Å². The quantitative estimate of drug-likeness (QED) is 0.670. The van der Waals surface area contributed by atoms with Crippen LogP contribution < -0.4 is 10.6 Å². The van der Waals surface area contributed by atoms with Crippen LogP contribution in [0.4, 0.5) is 4.79 Å². The molecule has 1 saturated carbocycles. The number of hydrogen-bond acceptors (Lipinski definition) is 3. The van der Waals surface area contributed by atoms with Crippen molar-refractivity contribution in [1.29, 1.82) is 0 Å². The monoisotopic (exact) mass is 271 g/mol. The summed E-state index contributed by atoms with van der Waals surface area (Å²) < 4.78 is 0. The van der Waals surface area contributed by atoms with Gasteiger partial charge in [0.1, 0.15) is 5.54 Å². The van der Waals surface area contributed by atoms with Gasteiger partial charge in [-0.05, 0) is 53.6 Å². The number of likely N-dealkylation sites (N-methyl/N-ethyl adjacent to an activating group) is 1. The fraction of sp³-hybridized carbons (Fsp3) is 0.846. The molecule has 0 aromatic carbocycles. The van der Waals surface area contributed by atoms with Gasteiger partial charge in [-0.2, -0.15) is 0 Å². The molecule has 3 N–H and O–H groups in total. The summed E-state index contributed by atoms with van der Waals surface area (Å²) in [5, 5.41) is 14.6. The summed E-state index contributed by atoms with van der Waals surface area (Å²) in [7, 11) is 3.87. The van der Waals surface area contributed by atoms with Crippen LogP contribution in [0, 0.1) is 5.92 Å². The van der Waals surface area contributed by atoms with Crippen molar-refractivity contribution in [2.75, 3.05) is 20.6 Å². The molecular formula is C13H25N3O3. The molecule has 1 rings (SSSR count). The second-order valence-corrected chi connectivity index (χ2v) is 6.30. The number of aliphatic carboxylic acids is 1. The number of urea groups is 1. The Balaban J connectivity index is 2.53. The minimum absolute atomic E-state index is 0.0395. The molecule has 0 heterocycles. The molecule has 19 heavy (non-hydrogen) atoms. The second kappa shape index (κ2) is 5.36. The molecule has 0 radical (unpaired) electrons. The van der Waals surface area contributed by atoms with Gasteiger partial charge < -0.3 is 20.6 Å². The summed E-state index contributed by atoms with van der Waals surface area (Å²) in [6.07, 6.45) is 1.71. The molecule has 1 fully saturated rings. The van der Waals surface area contributed by atoms with Gasteiger partial charge in [0.2, 0.25) is 0 Å². The number of amides is 2. The van der Waals surface area contributed by atoms with Crippen LogP contribution in [0.5, 0.6) is 0 Å². The maximum Gasteiger partial charge on any atom is 0.329 e. The molecule has 0 bridgehead atoms. The van der Waals surface area contributed by atoms with Gasteiger partial charge >= 0.3 is 12.0 Å². The van der Waals surface area contributed by atoms with Gasteiger partial charge in [0.15, 0.2) is 0 Å². The summed E-state index contributed by atoms with van der Waals surface area (Å²) in [5.74, 6) is -0.936. The van der Waals surface area contributed by atoms with E-state index in [2.05, 4.69) is 10.6 Å². The third-order valence-electron chi connectivity index (χ3n) is 4.10. The molecule has 2 amide bonds. The third-order valence-corrected chi connectivity index (χ3v) is 4.10. The molecule has 6 heteroatoms. The zero-order chi connectivity index (χ0) is 14.8. The molecule has 1 aliphatic carbocycles. The van der Waals surface area contributed by atoms with E-state index in [0.29, 0.717) is 6.54 Å². The average Bonchev–Trinajstić information content (AvgIpc) is 3.09. The summed E-state index contributed by atoms with van der Waals surface area (Å²) in [6.45, 7) is 6.03. The Hall–Kier alpha value is -1.30. The second-order valence-electron chi connectivity index (χ2n) is 6.30. The van der Waals surface area contributed by atoms with Crippen molar-refractivity contribution in [2.24, 2.45) is 5.92 Å². The van der Waals surface area contributed by atoms with Gasteiger partial charge in [-0.1, -0.05) is 0 Å². The Morgan fingerprint density at radius 2 is 1.79 bits per heavy atom. The molecular weight excluding hydrogens is 246 g/mol. The van der Waals surface area contributed by atoms with Gasteiger partial charge in [-0.3, -0.25) is 0 Å². The van der Waals surface area contributed by atoms with Crippen molar-refractivity contribution in [3.63, 3.8) is 0 Å². The number of rotatable bonds is 6. The Morgan fingerprint density at radius 1 is 1.26 bits per heavy atom. The van der Waals surface area contributed by atoms with Crippen LogP contribution in [0.25, 0.3) is 0 Å². The number of nitrogens with zero attached hydrogens (tertiary/aromatic N) is 1. The Labute approximate surface area is 114 Å². The van der Waals surface area contributed by atoms with Crippen molar-refractivity contribution in [1.82, 2.24) is 15.5 Å². The molecule has 1 atom stereocenters. The highest BCUT2D eigenvalue weighted by atomic mass is 16.4. The number of carboxylic acid groups (broad SMARTS) is 1. The first-order valence-corrected chi connectivity index (χ1v) is 6.56. The molecule has 110 valence electrons. The first-order valence-electron chi connectivity index (χ1n) is 6.56. The highest BCUT2D eigenvalue weighted by Gasteiger charge is 2.48. The fourth-order valence-electron chi connectivity index (χ4n) is 1.73. The van der Waals surface area contributed by atoms with E-state index in [0.717, 1.165) is 12.8 Å². The molecule has 1 aliphatic rings. The van der Waals surface area contributed by atoms with Crippen LogP contribution in [0.15, 0.2) is 0 Å². The lowest BCUT2D eigenvalue weighted by atomic mass is 9.96. The topological polar surface area (TPSA) is 81.7 Å². The number of carboxylic acids is 1. The lowest BCUT2D eigenvalue weighted by molar-refractivity contribution is -0.144. The molecule has 0 spiro atoms. The maximum atomic E-state index is 11.9. The van der Waals surface area contributed by atoms with Crippen molar-refractivity contribution in [3.05, 3.63) is 0 Å². The average molecular weight is 271 g/mol. The zero-order valence-electron chi connectivity index (χ0n) is 12.4. The van der Waals surface area contributed by atoms with Crippen LogP contribution in [0.3, 0.4) is 0 Å². The van der Waals surface area contributed by atoms with E-state index in [1.807, 2.05) is 32.8 Å². The van der Waals surface area contributed by atoms with Gasteiger partial charge in [-0.25, -0.2) is 9.59 Å². The minimum Gasteiger partial charge on any atom is -0.480 e. The minimum atomic E-state index is -1.16. The van der Waals surface area contributed by atoms with Gasteiger partial charge in [-0.15, -0.1) is 0 Å². The molecule has 1 unspecified atom stereocenters. The summed E-state index contributed by atoms with van der Waals surface area (Å²) in [5.41, 5.74) is -1.34. The normalized spacial score (nSPS) is 18.8. The highest BCUT2D eigenvalue weighted by Crippen LogP contribution is 2.39. The Bertz CT molecular complexity index is 364. The van der Waals surface area contributed by atoms with Crippen LogP contribution in [0.1, 0.15) is 33.6 Å². The third kappa shape index (κ3) is 3.83. The predicted octanol–water partition coefficient (Wildman–Crippen LogP) is 0.879. The van der Waals surface area contributed by atoms with Crippen molar-refractivity contribution < 1.29 is 14.7 Å². The Morgan fingerprint density at radius 3 is 2.16 bits per heavy atom. The lowest BCUT2D eigenvalue weighted by Gasteiger charge is -2.33. The fourth-order valence-corrected chi connectivity index (χ4v) is 1.73. The molecule has 6 nitrogen and oxygen atoms in total. The summed E-state index contributed by atoms with van der Waals surface area (Å²) >= 11 is 0. The van der Waals surface area contributed by atoms with Gasteiger partial charge in [0.05, 0.1) is 0 Å². The van der Waals surface area contributed by atoms with E-state index in [1.165, 1.54) is 0 Å². The molecule has 0 aromatic rings. The molecule has 0 saturated heterocycles. The Kier molecular flexibility index (Phi) is 4.45. The van der Waals surface area contributed by atoms with Crippen LogP contribution >= 0.6 is 0 Å². The van der Waals surface area contributed by atoms with Gasteiger partial charge in [0, 0.05) is 12.1 Å². The number of nitrogens with one attached hydrogen (secondary N) is 2. The SMILES string of the molecule is CN(C)C(C)(C)CNC(=O)NC(C)(C(=O)O)C1CC1.